The highest BCUT2D eigenvalue weighted by Crippen LogP contribution is 2.35. The molecule has 0 fully saturated rings. The average molecular weight is 294 g/mol. The zero-order chi connectivity index (χ0) is 14.9. The van der Waals surface area contributed by atoms with E-state index in [0.29, 0.717) is 5.75 Å². The lowest BCUT2D eigenvalue weighted by atomic mass is 10.1. The van der Waals surface area contributed by atoms with Crippen LogP contribution in [0.2, 0.25) is 5.15 Å². The van der Waals surface area contributed by atoms with E-state index < -0.39 is 10.6 Å². The first-order chi connectivity index (χ1) is 9.40. The lowest BCUT2D eigenvalue weighted by molar-refractivity contribution is -0.386. The molecule has 0 aliphatic carbocycles. The lowest BCUT2D eigenvalue weighted by Gasteiger charge is -2.11. The Morgan fingerprint density at radius 2 is 1.95 bits per heavy atom. The average Bonchev–Trinajstić information content (AvgIpc) is 2.35. The summed E-state index contributed by atoms with van der Waals surface area (Å²) < 4.78 is 5.57. The number of ether oxygens (including phenoxy) is 1. The van der Waals surface area contributed by atoms with Gasteiger partial charge in [-0.1, -0.05) is 17.7 Å². The first kappa shape index (κ1) is 14.2. The van der Waals surface area contributed by atoms with Crippen molar-refractivity contribution in [1.82, 2.24) is 9.97 Å². The van der Waals surface area contributed by atoms with Crippen LogP contribution in [0.25, 0.3) is 0 Å². The molecule has 104 valence electrons. The molecule has 1 heterocycles. The van der Waals surface area contributed by atoms with Crippen molar-refractivity contribution in [3.8, 4) is 11.6 Å². The van der Waals surface area contributed by atoms with Crippen LogP contribution in [0.15, 0.2) is 18.5 Å². The summed E-state index contributed by atoms with van der Waals surface area (Å²) in [6.07, 6.45) is 1.13. The van der Waals surface area contributed by atoms with Crippen LogP contribution in [0.4, 0.5) is 5.69 Å². The number of hydrogen-bond donors (Lipinski definition) is 0. The molecule has 0 unspecified atom stereocenters. The molecule has 6 nitrogen and oxygen atoms in total. The van der Waals surface area contributed by atoms with Gasteiger partial charge >= 0.3 is 11.6 Å². The van der Waals surface area contributed by atoms with E-state index in [0.717, 1.165) is 23.0 Å². The van der Waals surface area contributed by atoms with Gasteiger partial charge in [0.2, 0.25) is 5.15 Å². The van der Waals surface area contributed by atoms with E-state index >= 15 is 0 Å². The van der Waals surface area contributed by atoms with Gasteiger partial charge in [0.15, 0.2) is 0 Å². The van der Waals surface area contributed by atoms with E-state index in [-0.39, 0.29) is 11.0 Å². The Balaban J connectivity index is 2.51. The highest BCUT2D eigenvalue weighted by molar-refractivity contribution is 6.31. The van der Waals surface area contributed by atoms with Crippen LogP contribution in [0, 0.1) is 30.9 Å². The number of benzene rings is 1. The molecule has 7 heteroatoms. The molecule has 20 heavy (non-hydrogen) atoms. The van der Waals surface area contributed by atoms with Gasteiger partial charge in [-0.2, -0.15) is 4.98 Å². The van der Waals surface area contributed by atoms with Gasteiger partial charge in [-0.15, -0.1) is 0 Å². The van der Waals surface area contributed by atoms with Crippen molar-refractivity contribution in [2.45, 2.75) is 20.8 Å². The van der Waals surface area contributed by atoms with Gasteiger partial charge in [-0.25, -0.2) is 4.98 Å². The van der Waals surface area contributed by atoms with Gasteiger partial charge < -0.3 is 4.74 Å². The molecular weight excluding hydrogens is 282 g/mol. The van der Waals surface area contributed by atoms with E-state index in [9.17, 15) is 10.1 Å². The van der Waals surface area contributed by atoms with Crippen LogP contribution in [0.5, 0.6) is 11.6 Å². The Kier molecular flexibility index (Phi) is 3.85. The van der Waals surface area contributed by atoms with Gasteiger partial charge in [0, 0.05) is 0 Å². The highest BCUT2D eigenvalue weighted by atomic mass is 35.5. The number of nitrogens with zero attached hydrogens (tertiary/aromatic N) is 3. The second kappa shape index (κ2) is 5.42. The van der Waals surface area contributed by atoms with Gasteiger partial charge in [0.1, 0.15) is 12.1 Å². The minimum absolute atomic E-state index is 0.164. The molecule has 0 radical (unpaired) electrons. The fourth-order valence-electron chi connectivity index (χ4n) is 1.78. The highest BCUT2D eigenvalue weighted by Gasteiger charge is 2.24. The maximum atomic E-state index is 11.0. The third-order valence-corrected chi connectivity index (χ3v) is 3.17. The largest absolute Gasteiger partial charge is 0.433 e. The molecule has 0 amide bonds. The molecule has 1 aromatic heterocycles. The van der Waals surface area contributed by atoms with E-state index in [2.05, 4.69) is 9.97 Å². The Morgan fingerprint density at radius 3 is 2.60 bits per heavy atom. The van der Waals surface area contributed by atoms with Crippen LogP contribution in [-0.2, 0) is 0 Å². The van der Waals surface area contributed by atoms with Crippen LogP contribution in [0.3, 0.4) is 0 Å². The summed E-state index contributed by atoms with van der Waals surface area (Å²) >= 11 is 5.72. The Hall–Kier alpha value is -2.21. The van der Waals surface area contributed by atoms with Crippen LogP contribution in [-0.4, -0.2) is 14.9 Å². The van der Waals surface area contributed by atoms with Gasteiger partial charge in [0.05, 0.1) is 4.92 Å². The fraction of sp³-hybridized carbons (Fsp3) is 0.231. The van der Waals surface area contributed by atoms with Gasteiger partial charge in [-0.05, 0) is 43.5 Å². The number of halogens is 1. The first-order valence-corrected chi connectivity index (χ1v) is 6.18. The quantitative estimate of drug-likeness (QED) is 0.489. The Morgan fingerprint density at radius 1 is 1.25 bits per heavy atom. The molecule has 0 spiro atoms. The van der Waals surface area contributed by atoms with Crippen molar-refractivity contribution in [2.75, 3.05) is 0 Å². The second-order valence-electron chi connectivity index (χ2n) is 4.38. The molecule has 0 bridgehead atoms. The summed E-state index contributed by atoms with van der Waals surface area (Å²) in [6, 6.07) is 3.80. The Labute approximate surface area is 120 Å². The topological polar surface area (TPSA) is 78.2 Å². The predicted molar refractivity (Wildman–Crippen MR) is 74.4 cm³/mol. The normalized spacial score (nSPS) is 10.4. The smallest absolute Gasteiger partial charge is 0.368 e. The molecule has 0 saturated carbocycles. The molecule has 2 aromatic rings. The van der Waals surface area contributed by atoms with Crippen molar-refractivity contribution in [1.29, 1.82) is 0 Å². The van der Waals surface area contributed by atoms with Crippen molar-refractivity contribution >= 4 is 17.3 Å². The molecule has 0 atom stereocenters. The van der Waals surface area contributed by atoms with E-state index in [1.807, 2.05) is 26.8 Å². The minimum Gasteiger partial charge on any atom is -0.433 e. The van der Waals surface area contributed by atoms with Crippen LogP contribution < -0.4 is 4.74 Å². The lowest BCUT2D eigenvalue weighted by Crippen LogP contribution is -2.00. The molecular formula is C13H12ClN3O3. The van der Waals surface area contributed by atoms with Crippen molar-refractivity contribution in [2.24, 2.45) is 0 Å². The maximum absolute atomic E-state index is 11.0. The molecule has 1 aromatic carbocycles. The van der Waals surface area contributed by atoms with Crippen LogP contribution in [0.1, 0.15) is 16.7 Å². The molecule has 0 aliphatic heterocycles. The first-order valence-electron chi connectivity index (χ1n) is 5.80. The molecule has 0 saturated heterocycles. The number of aryl methyl sites for hydroxylation is 2. The van der Waals surface area contributed by atoms with Crippen molar-refractivity contribution in [3.63, 3.8) is 0 Å². The summed E-state index contributed by atoms with van der Waals surface area (Å²) in [6.45, 7) is 5.73. The van der Waals surface area contributed by atoms with E-state index in [4.69, 9.17) is 16.3 Å². The zero-order valence-corrected chi connectivity index (χ0v) is 11.9. The van der Waals surface area contributed by atoms with Crippen molar-refractivity contribution < 1.29 is 9.66 Å². The summed E-state index contributed by atoms with van der Waals surface area (Å²) in [5.41, 5.74) is 2.47. The third kappa shape index (κ3) is 2.70. The summed E-state index contributed by atoms with van der Waals surface area (Å²) in [4.78, 5) is 17.7. The second-order valence-corrected chi connectivity index (χ2v) is 4.74. The monoisotopic (exact) mass is 293 g/mol. The summed E-state index contributed by atoms with van der Waals surface area (Å²) in [5, 5.41) is 10.8. The predicted octanol–water partition coefficient (Wildman–Crippen LogP) is 3.76. The maximum Gasteiger partial charge on any atom is 0.368 e. The molecule has 0 N–H and O–H groups in total. The van der Waals surface area contributed by atoms with Crippen molar-refractivity contribution in [3.05, 3.63) is 50.4 Å². The number of hydrogen-bond acceptors (Lipinski definition) is 5. The number of rotatable bonds is 3. The zero-order valence-electron chi connectivity index (χ0n) is 11.2. The SMILES string of the molecule is Cc1cc(C)c(C)c(Oc2ncnc(Cl)c2[N+](=O)[O-])c1. The summed E-state index contributed by atoms with van der Waals surface area (Å²) in [7, 11) is 0. The number of nitro groups is 1. The minimum atomic E-state index is -0.657. The molecule has 0 aliphatic rings. The van der Waals surface area contributed by atoms with Gasteiger partial charge in [-0.3, -0.25) is 10.1 Å². The Bertz CT molecular complexity index is 689. The summed E-state index contributed by atoms with van der Waals surface area (Å²) in [5.74, 6) is 0.350. The van der Waals surface area contributed by atoms with E-state index in [1.54, 1.807) is 6.07 Å². The fourth-order valence-corrected chi connectivity index (χ4v) is 1.98. The molecule has 2 rings (SSSR count). The number of aromatic nitrogens is 2. The van der Waals surface area contributed by atoms with Gasteiger partial charge in [0.25, 0.3) is 0 Å². The standard InChI is InChI=1S/C13H12ClN3O3/c1-7-4-8(2)9(3)10(5-7)20-13-11(17(18)19)12(14)15-6-16-13/h4-6H,1-3H3. The van der Waals surface area contributed by atoms with Crippen LogP contribution >= 0.6 is 11.6 Å². The third-order valence-electron chi connectivity index (χ3n) is 2.90. The van der Waals surface area contributed by atoms with E-state index in [1.165, 1.54) is 0 Å².